The van der Waals surface area contributed by atoms with E-state index in [1.165, 1.54) is 23.1 Å². The molecule has 1 aromatic carbocycles. The van der Waals surface area contributed by atoms with Crippen molar-refractivity contribution in [1.29, 1.82) is 0 Å². The van der Waals surface area contributed by atoms with Gasteiger partial charge in [0, 0.05) is 44.1 Å². The Morgan fingerprint density at radius 1 is 1.22 bits per heavy atom. The highest BCUT2D eigenvalue weighted by Crippen LogP contribution is 2.28. The van der Waals surface area contributed by atoms with Crippen molar-refractivity contribution in [2.75, 3.05) is 20.1 Å². The Morgan fingerprint density at radius 3 is 2.37 bits per heavy atom. The monoisotopic (exact) mass is 386 g/mol. The maximum atomic E-state index is 12.7. The van der Waals surface area contributed by atoms with Gasteiger partial charge in [-0.15, -0.1) is 13.2 Å². The van der Waals surface area contributed by atoms with Gasteiger partial charge < -0.3 is 14.5 Å². The van der Waals surface area contributed by atoms with E-state index >= 15 is 0 Å². The molecule has 0 bridgehead atoms. The van der Waals surface area contributed by atoms with E-state index in [4.69, 9.17) is 0 Å². The van der Waals surface area contributed by atoms with Gasteiger partial charge in [0.1, 0.15) is 5.75 Å². The average Bonchev–Trinajstić information content (AvgIpc) is 2.61. The van der Waals surface area contributed by atoms with E-state index in [2.05, 4.69) is 4.74 Å². The zero-order valence-electron chi connectivity index (χ0n) is 15.8. The van der Waals surface area contributed by atoms with Crippen LogP contribution >= 0.6 is 0 Å². The van der Waals surface area contributed by atoms with E-state index in [9.17, 15) is 22.8 Å². The number of hydrogen-bond donors (Lipinski definition) is 0. The van der Waals surface area contributed by atoms with Crippen molar-refractivity contribution < 1.29 is 27.5 Å². The van der Waals surface area contributed by atoms with Crippen molar-refractivity contribution >= 4 is 11.8 Å². The maximum absolute atomic E-state index is 12.7. The molecule has 1 heterocycles. The Balaban J connectivity index is 1.96. The Kier molecular flexibility index (Phi) is 6.73. The van der Waals surface area contributed by atoms with Crippen molar-refractivity contribution in [2.45, 2.75) is 39.6 Å². The van der Waals surface area contributed by atoms with E-state index in [1.807, 2.05) is 13.8 Å². The lowest BCUT2D eigenvalue weighted by Crippen LogP contribution is -2.44. The topological polar surface area (TPSA) is 49.9 Å². The van der Waals surface area contributed by atoms with Gasteiger partial charge in [-0.1, -0.05) is 32.0 Å². The van der Waals surface area contributed by atoms with Crippen LogP contribution in [-0.4, -0.2) is 48.1 Å². The minimum atomic E-state index is -4.78. The molecule has 0 aliphatic carbocycles. The Morgan fingerprint density at radius 2 is 1.81 bits per heavy atom. The number of nitrogens with zero attached hydrogens (tertiary/aromatic N) is 2. The number of carbonyl (C=O) groups excluding carboxylic acids is 2. The number of halogens is 3. The van der Waals surface area contributed by atoms with Gasteiger partial charge in [0.15, 0.2) is 0 Å². The van der Waals surface area contributed by atoms with E-state index in [0.717, 1.165) is 0 Å². The molecule has 0 aromatic heterocycles. The number of carbonyl (C=O) groups is 2. The van der Waals surface area contributed by atoms with Crippen LogP contribution < -0.4 is 4.74 Å². The van der Waals surface area contributed by atoms with Crippen LogP contribution in [0.2, 0.25) is 0 Å². The summed E-state index contributed by atoms with van der Waals surface area (Å²) in [6.45, 7) is 4.75. The summed E-state index contributed by atoms with van der Waals surface area (Å²) in [6, 6.07) is 5.80. The van der Waals surface area contributed by atoms with Crippen molar-refractivity contribution in [3.63, 3.8) is 0 Å². The van der Waals surface area contributed by atoms with Crippen LogP contribution in [0.1, 0.15) is 32.3 Å². The zero-order chi connectivity index (χ0) is 20.2. The molecule has 2 amide bonds. The van der Waals surface area contributed by atoms with Gasteiger partial charge in [-0.2, -0.15) is 0 Å². The van der Waals surface area contributed by atoms with Gasteiger partial charge in [0.2, 0.25) is 11.8 Å². The quantitative estimate of drug-likeness (QED) is 0.779. The van der Waals surface area contributed by atoms with Crippen LogP contribution in [0.4, 0.5) is 13.2 Å². The molecule has 0 unspecified atom stereocenters. The number of benzene rings is 1. The highest BCUT2D eigenvalue weighted by Gasteiger charge is 2.33. The zero-order valence-corrected chi connectivity index (χ0v) is 15.8. The molecular formula is C19H25F3N2O3. The van der Waals surface area contributed by atoms with Gasteiger partial charge in [-0.05, 0) is 18.9 Å². The summed E-state index contributed by atoms with van der Waals surface area (Å²) < 4.78 is 41.6. The standard InChI is InChI=1S/C19H25F3N2O3/c1-13(2)17(25)24-10-8-14(9-11-24)18(26)23(3)12-15-6-4-5-7-16(15)27-19(20,21)22/h4-7,13-14H,8-12H2,1-3H3. The fourth-order valence-electron chi connectivity index (χ4n) is 3.22. The van der Waals surface area contributed by atoms with Crippen LogP contribution in [0.5, 0.6) is 5.75 Å². The van der Waals surface area contributed by atoms with Gasteiger partial charge in [-0.3, -0.25) is 9.59 Å². The summed E-state index contributed by atoms with van der Waals surface area (Å²) in [7, 11) is 1.57. The second kappa shape index (κ2) is 8.63. The van der Waals surface area contributed by atoms with Crippen LogP contribution in [-0.2, 0) is 16.1 Å². The minimum Gasteiger partial charge on any atom is -0.405 e. The Bertz CT molecular complexity index is 668. The highest BCUT2D eigenvalue weighted by atomic mass is 19.4. The van der Waals surface area contributed by atoms with Crippen LogP contribution in [0, 0.1) is 11.8 Å². The van der Waals surface area contributed by atoms with E-state index in [-0.39, 0.29) is 41.5 Å². The van der Waals surface area contributed by atoms with Crippen molar-refractivity contribution in [3.8, 4) is 5.75 Å². The number of piperidine rings is 1. The lowest BCUT2D eigenvalue weighted by molar-refractivity contribution is -0.275. The summed E-state index contributed by atoms with van der Waals surface area (Å²) in [5.74, 6) is -0.671. The fourth-order valence-corrected chi connectivity index (χ4v) is 3.22. The summed E-state index contributed by atoms with van der Waals surface area (Å²) in [4.78, 5) is 27.9. The van der Waals surface area contributed by atoms with Gasteiger partial charge in [-0.25, -0.2) is 0 Å². The molecule has 2 rings (SSSR count). The number of alkyl halides is 3. The van der Waals surface area contributed by atoms with Crippen molar-refractivity contribution in [3.05, 3.63) is 29.8 Å². The molecular weight excluding hydrogens is 361 g/mol. The molecule has 1 aliphatic heterocycles. The van der Waals surface area contributed by atoms with Gasteiger partial charge in [0.25, 0.3) is 0 Å². The van der Waals surface area contributed by atoms with E-state index in [0.29, 0.717) is 25.9 Å². The molecule has 0 N–H and O–H groups in total. The predicted octanol–water partition coefficient (Wildman–Crippen LogP) is 3.44. The van der Waals surface area contributed by atoms with Gasteiger partial charge >= 0.3 is 6.36 Å². The first-order valence-electron chi connectivity index (χ1n) is 8.96. The Labute approximate surface area is 157 Å². The average molecular weight is 386 g/mol. The number of likely N-dealkylation sites (tertiary alicyclic amines) is 1. The number of ether oxygens (including phenoxy) is 1. The number of para-hydroxylation sites is 1. The first-order chi connectivity index (χ1) is 12.6. The normalized spacial score (nSPS) is 15.7. The molecule has 8 heteroatoms. The fraction of sp³-hybridized carbons (Fsp3) is 0.579. The maximum Gasteiger partial charge on any atom is 0.573 e. The molecule has 0 atom stereocenters. The van der Waals surface area contributed by atoms with Crippen LogP contribution in [0.15, 0.2) is 24.3 Å². The molecule has 0 saturated carbocycles. The predicted molar refractivity (Wildman–Crippen MR) is 93.7 cm³/mol. The summed E-state index contributed by atoms with van der Waals surface area (Å²) in [5, 5.41) is 0. The van der Waals surface area contributed by atoms with E-state index < -0.39 is 6.36 Å². The third kappa shape index (κ3) is 5.87. The molecule has 1 fully saturated rings. The van der Waals surface area contributed by atoms with Crippen molar-refractivity contribution in [1.82, 2.24) is 9.80 Å². The molecule has 1 saturated heterocycles. The highest BCUT2D eigenvalue weighted by molar-refractivity contribution is 5.80. The number of rotatable bonds is 5. The summed E-state index contributed by atoms with van der Waals surface area (Å²) in [6.07, 6.45) is -3.67. The second-order valence-electron chi connectivity index (χ2n) is 7.10. The molecule has 0 radical (unpaired) electrons. The third-order valence-corrected chi connectivity index (χ3v) is 4.63. The lowest BCUT2D eigenvalue weighted by atomic mass is 9.94. The summed E-state index contributed by atoms with van der Waals surface area (Å²) >= 11 is 0. The molecule has 1 aliphatic rings. The smallest absolute Gasteiger partial charge is 0.405 e. The number of amides is 2. The second-order valence-corrected chi connectivity index (χ2v) is 7.10. The van der Waals surface area contributed by atoms with Crippen molar-refractivity contribution in [2.24, 2.45) is 11.8 Å². The van der Waals surface area contributed by atoms with Gasteiger partial charge in [0.05, 0.1) is 0 Å². The molecule has 27 heavy (non-hydrogen) atoms. The third-order valence-electron chi connectivity index (χ3n) is 4.63. The molecule has 5 nitrogen and oxygen atoms in total. The largest absolute Gasteiger partial charge is 0.573 e. The molecule has 150 valence electrons. The SMILES string of the molecule is CC(C)C(=O)N1CCC(C(=O)N(C)Cc2ccccc2OC(F)(F)F)CC1. The minimum absolute atomic E-state index is 0.0240. The van der Waals surface area contributed by atoms with E-state index in [1.54, 1.807) is 18.0 Å². The lowest BCUT2D eigenvalue weighted by Gasteiger charge is -2.34. The Hall–Kier alpha value is -2.25. The summed E-state index contributed by atoms with van der Waals surface area (Å²) in [5.41, 5.74) is 0.290. The van der Waals surface area contributed by atoms with Crippen LogP contribution in [0.3, 0.4) is 0 Å². The van der Waals surface area contributed by atoms with Crippen LogP contribution in [0.25, 0.3) is 0 Å². The first kappa shape index (κ1) is 21.1. The first-order valence-corrected chi connectivity index (χ1v) is 8.96. The number of hydrogen-bond acceptors (Lipinski definition) is 3. The molecule has 0 spiro atoms. The molecule has 1 aromatic rings.